The second-order valence-corrected chi connectivity index (χ2v) is 6.05. The molecule has 1 N–H and O–H groups in total. The lowest BCUT2D eigenvalue weighted by atomic mass is 10.1. The molecule has 1 aliphatic rings. The van der Waals surface area contributed by atoms with Crippen LogP contribution in [0, 0.1) is 13.8 Å². The molecule has 0 radical (unpaired) electrons. The van der Waals surface area contributed by atoms with Crippen molar-refractivity contribution in [2.75, 3.05) is 0 Å². The largest absolute Gasteiger partial charge is 0.327 e. The number of hydrogen-bond donors (Lipinski definition) is 1. The van der Waals surface area contributed by atoms with Crippen LogP contribution in [0.15, 0.2) is 54.2 Å². The van der Waals surface area contributed by atoms with Crippen molar-refractivity contribution in [2.45, 2.75) is 13.8 Å². The minimum atomic E-state index is -0.436. The molecule has 5 heteroatoms. The Balaban J connectivity index is 1.91. The lowest BCUT2D eigenvalue weighted by molar-refractivity contribution is -0.120. The van der Waals surface area contributed by atoms with E-state index in [0.29, 0.717) is 11.3 Å². The normalized spacial score (nSPS) is 15.8. The maximum atomic E-state index is 12.7. The molecule has 120 valence electrons. The van der Waals surface area contributed by atoms with Crippen LogP contribution < -0.4 is 5.32 Å². The molecule has 24 heavy (non-hydrogen) atoms. The van der Waals surface area contributed by atoms with E-state index in [4.69, 9.17) is 12.2 Å². The zero-order chi connectivity index (χ0) is 17.3. The number of rotatable bonds is 2. The number of carbonyl (C=O) groups is 2. The van der Waals surface area contributed by atoms with Crippen molar-refractivity contribution in [3.05, 3.63) is 76.5 Å². The molecule has 0 bridgehead atoms. The number of carbonyl (C=O) groups excluding carboxylic acids is 2. The van der Waals surface area contributed by atoms with Crippen molar-refractivity contribution in [2.24, 2.45) is 0 Å². The first-order chi connectivity index (χ1) is 11.5. The highest BCUT2D eigenvalue weighted by atomic mass is 32.1. The first-order valence-electron chi connectivity index (χ1n) is 7.51. The zero-order valence-electron chi connectivity index (χ0n) is 13.4. The van der Waals surface area contributed by atoms with Crippen molar-refractivity contribution in [1.82, 2.24) is 10.2 Å². The summed E-state index contributed by atoms with van der Waals surface area (Å²) < 4.78 is 0. The molecule has 1 saturated heterocycles. The fraction of sp³-hybridized carbons (Fsp3) is 0.105. The maximum absolute atomic E-state index is 12.7. The Morgan fingerprint density at radius 2 is 1.75 bits per heavy atom. The van der Waals surface area contributed by atoms with Gasteiger partial charge in [-0.3, -0.25) is 9.59 Å². The van der Waals surface area contributed by atoms with Gasteiger partial charge in [-0.1, -0.05) is 48.0 Å². The van der Waals surface area contributed by atoms with Gasteiger partial charge in [0.15, 0.2) is 5.11 Å². The van der Waals surface area contributed by atoms with Gasteiger partial charge < -0.3 is 5.32 Å². The quantitative estimate of drug-likeness (QED) is 0.520. The molecule has 1 fully saturated rings. The Morgan fingerprint density at radius 1 is 1.08 bits per heavy atom. The molecule has 4 nitrogen and oxygen atoms in total. The van der Waals surface area contributed by atoms with Crippen LogP contribution in [-0.4, -0.2) is 21.8 Å². The smallest absolute Gasteiger partial charge is 0.283 e. The predicted molar refractivity (Wildman–Crippen MR) is 97.2 cm³/mol. The van der Waals surface area contributed by atoms with Gasteiger partial charge in [0.25, 0.3) is 11.8 Å². The van der Waals surface area contributed by atoms with E-state index in [9.17, 15) is 9.59 Å². The number of nitrogens with zero attached hydrogens (tertiary/aromatic N) is 1. The number of benzene rings is 2. The predicted octanol–water partition coefficient (Wildman–Crippen LogP) is 3.20. The van der Waals surface area contributed by atoms with Gasteiger partial charge in [0, 0.05) is 5.56 Å². The van der Waals surface area contributed by atoms with Crippen molar-refractivity contribution in [1.29, 1.82) is 0 Å². The van der Waals surface area contributed by atoms with Gasteiger partial charge >= 0.3 is 0 Å². The van der Waals surface area contributed by atoms with Crippen LogP contribution in [0.1, 0.15) is 27.0 Å². The van der Waals surface area contributed by atoms with E-state index in [0.717, 1.165) is 21.6 Å². The summed E-state index contributed by atoms with van der Waals surface area (Å²) in [5, 5.41) is 2.94. The summed E-state index contributed by atoms with van der Waals surface area (Å²) in [7, 11) is 0. The average molecular weight is 336 g/mol. The van der Waals surface area contributed by atoms with Gasteiger partial charge in [0.2, 0.25) is 0 Å². The molecule has 0 aromatic heterocycles. The molecule has 2 aromatic rings. The van der Waals surface area contributed by atoms with Gasteiger partial charge in [-0.25, -0.2) is 4.90 Å². The molecule has 0 spiro atoms. The molecule has 0 atom stereocenters. The highest BCUT2D eigenvalue weighted by Gasteiger charge is 2.36. The third-order valence-electron chi connectivity index (χ3n) is 3.85. The minimum absolute atomic E-state index is 0.103. The lowest BCUT2D eigenvalue weighted by Crippen LogP contribution is -2.37. The number of thiocarbonyl (C=S) groups is 1. The zero-order valence-corrected chi connectivity index (χ0v) is 14.2. The van der Waals surface area contributed by atoms with E-state index in [-0.39, 0.29) is 5.11 Å². The summed E-state index contributed by atoms with van der Waals surface area (Å²) in [4.78, 5) is 26.3. The molecule has 0 aliphatic carbocycles. The van der Waals surface area contributed by atoms with Crippen molar-refractivity contribution >= 4 is 35.2 Å². The van der Waals surface area contributed by atoms with Gasteiger partial charge in [0.05, 0.1) is 0 Å². The first-order valence-corrected chi connectivity index (χ1v) is 7.92. The standard InChI is InChI=1S/C19H16N2O2S/c1-12-7-9-14(10-8-12)11-16-18(23)21(19(24)20-16)17(22)15-6-4-3-5-13(15)2/h3-11H,1-2H3,(H,20,24)/b16-11-. The Kier molecular flexibility index (Phi) is 4.27. The number of hydrogen-bond acceptors (Lipinski definition) is 3. The van der Waals surface area contributed by atoms with Crippen LogP contribution >= 0.6 is 12.2 Å². The van der Waals surface area contributed by atoms with Crippen LogP contribution in [0.3, 0.4) is 0 Å². The van der Waals surface area contributed by atoms with Gasteiger partial charge in [-0.2, -0.15) is 0 Å². The second kappa shape index (κ2) is 6.37. The van der Waals surface area contributed by atoms with Crippen LogP contribution in [0.4, 0.5) is 0 Å². The molecule has 0 unspecified atom stereocenters. The average Bonchev–Trinajstić information content (AvgIpc) is 2.83. The molecule has 3 rings (SSSR count). The molecule has 2 amide bonds. The van der Waals surface area contributed by atoms with E-state index >= 15 is 0 Å². The molecular weight excluding hydrogens is 320 g/mol. The molecule has 2 aromatic carbocycles. The summed E-state index contributed by atoms with van der Waals surface area (Å²) in [6.45, 7) is 3.82. The van der Waals surface area contributed by atoms with E-state index in [1.165, 1.54) is 0 Å². The Hall–Kier alpha value is -2.79. The fourth-order valence-electron chi connectivity index (χ4n) is 2.48. The third kappa shape index (κ3) is 2.98. The lowest BCUT2D eigenvalue weighted by Gasteiger charge is -2.13. The van der Waals surface area contributed by atoms with Gasteiger partial charge in [-0.15, -0.1) is 0 Å². The minimum Gasteiger partial charge on any atom is -0.327 e. The van der Waals surface area contributed by atoms with Crippen LogP contribution in [-0.2, 0) is 4.79 Å². The maximum Gasteiger partial charge on any atom is 0.283 e. The summed E-state index contributed by atoms with van der Waals surface area (Å²) in [5.74, 6) is -0.850. The fourth-order valence-corrected chi connectivity index (χ4v) is 2.76. The van der Waals surface area contributed by atoms with Crippen molar-refractivity contribution in [3.8, 4) is 0 Å². The van der Waals surface area contributed by atoms with Gasteiger partial charge in [0.1, 0.15) is 5.70 Å². The Bertz CT molecular complexity index is 869. The van der Waals surface area contributed by atoms with Crippen LogP contribution in [0.2, 0.25) is 0 Å². The molecule has 0 saturated carbocycles. The van der Waals surface area contributed by atoms with E-state index < -0.39 is 11.8 Å². The summed E-state index contributed by atoms with van der Waals surface area (Å²) in [6.07, 6.45) is 1.69. The van der Waals surface area contributed by atoms with E-state index in [1.807, 2.05) is 50.2 Å². The van der Waals surface area contributed by atoms with Gasteiger partial charge in [-0.05, 0) is 49.3 Å². The van der Waals surface area contributed by atoms with E-state index in [2.05, 4.69) is 5.32 Å². The van der Waals surface area contributed by atoms with Crippen LogP contribution in [0.25, 0.3) is 6.08 Å². The summed E-state index contributed by atoms with van der Waals surface area (Å²) in [5.41, 5.74) is 3.56. The highest BCUT2D eigenvalue weighted by molar-refractivity contribution is 7.80. The molecule has 1 aliphatic heterocycles. The van der Waals surface area contributed by atoms with E-state index in [1.54, 1.807) is 18.2 Å². The Labute approximate surface area is 145 Å². The highest BCUT2D eigenvalue weighted by Crippen LogP contribution is 2.19. The van der Waals surface area contributed by atoms with Crippen molar-refractivity contribution < 1.29 is 9.59 Å². The number of amides is 2. The SMILES string of the molecule is Cc1ccc(/C=C2\NC(=S)N(C(=O)c3ccccc3C)C2=O)cc1. The number of nitrogens with one attached hydrogen (secondary N) is 1. The molecular formula is C19H16N2O2S. The summed E-state index contributed by atoms with van der Waals surface area (Å²) >= 11 is 5.18. The first kappa shape index (κ1) is 16.1. The second-order valence-electron chi connectivity index (χ2n) is 5.66. The topological polar surface area (TPSA) is 49.4 Å². The number of aryl methyl sites for hydroxylation is 2. The third-order valence-corrected chi connectivity index (χ3v) is 4.13. The monoisotopic (exact) mass is 336 g/mol. The summed E-state index contributed by atoms with van der Waals surface area (Å²) in [6, 6.07) is 14.9. The van der Waals surface area contributed by atoms with Crippen LogP contribution in [0.5, 0.6) is 0 Å². The Morgan fingerprint density at radius 3 is 2.42 bits per heavy atom. The van der Waals surface area contributed by atoms with Crippen molar-refractivity contribution in [3.63, 3.8) is 0 Å². The molecule has 1 heterocycles. The number of imide groups is 1.